The first-order valence-corrected chi connectivity index (χ1v) is 9.73. The smallest absolute Gasteiger partial charge is 0.209 e. The van der Waals surface area contributed by atoms with Crippen molar-refractivity contribution in [3.05, 3.63) is 74.1 Å². The second-order valence-corrected chi connectivity index (χ2v) is 7.92. The molecule has 0 bridgehead atoms. The predicted octanol–water partition coefficient (Wildman–Crippen LogP) is 5.73. The Bertz CT molecular complexity index is 995. The molecule has 118 valence electrons. The summed E-state index contributed by atoms with van der Waals surface area (Å²) >= 11 is 4.17. The Morgan fingerprint density at radius 2 is 1.62 bits per heavy atom. The SMILES string of the molecule is O=C(C(=C(O)c1cccs1)c1nc2ccccc2s1)c1cccs1. The van der Waals surface area contributed by atoms with Crippen molar-refractivity contribution in [1.29, 1.82) is 0 Å². The first kappa shape index (κ1) is 15.3. The lowest BCUT2D eigenvalue weighted by Gasteiger charge is -2.05. The molecule has 4 rings (SSSR count). The van der Waals surface area contributed by atoms with Crippen molar-refractivity contribution in [2.45, 2.75) is 0 Å². The molecule has 0 radical (unpaired) electrons. The van der Waals surface area contributed by atoms with E-state index in [1.165, 1.54) is 34.0 Å². The number of aliphatic hydroxyl groups excluding tert-OH is 1. The lowest BCUT2D eigenvalue weighted by atomic mass is 10.1. The van der Waals surface area contributed by atoms with E-state index < -0.39 is 0 Å². The maximum absolute atomic E-state index is 13.0. The monoisotopic (exact) mass is 369 g/mol. The summed E-state index contributed by atoms with van der Waals surface area (Å²) < 4.78 is 0.989. The van der Waals surface area contributed by atoms with Crippen LogP contribution in [0.3, 0.4) is 0 Å². The Kier molecular flexibility index (Phi) is 4.02. The number of allylic oxidation sites excluding steroid dienone is 1. The van der Waals surface area contributed by atoms with Crippen LogP contribution in [0.5, 0.6) is 0 Å². The topological polar surface area (TPSA) is 50.2 Å². The van der Waals surface area contributed by atoms with Crippen molar-refractivity contribution >= 4 is 61.3 Å². The zero-order valence-corrected chi connectivity index (χ0v) is 14.8. The fraction of sp³-hybridized carbons (Fsp3) is 0. The molecule has 24 heavy (non-hydrogen) atoms. The van der Waals surface area contributed by atoms with E-state index in [9.17, 15) is 9.90 Å². The summed E-state index contributed by atoms with van der Waals surface area (Å²) in [6.45, 7) is 0. The van der Waals surface area contributed by atoms with Gasteiger partial charge in [0.2, 0.25) is 5.78 Å². The molecule has 0 spiro atoms. The highest BCUT2D eigenvalue weighted by Gasteiger charge is 2.24. The number of nitrogens with zero attached hydrogens (tertiary/aromatic N) is 1. The number of thiazole rings is 1. The van der Waals surface area contributed by atoms with Gasteiger partial charge in [0.15, 0.2) is 0 Å². The summed E-state index contributed by atoms with van der Waals surface area (Å²) in [5.74, 6) is -0.211. The maximum atomic E-state index is 13.0. The molecular weight excluding hydrogens is 358 g/mol. The highest BCUT2D eigenvalue weighted by Crippen LogP contribution is 2.35. The van der Waals surface area contributed by atoms with Crippen LogP contribution < -0.4 is 0 Å². The van der Waals surface area contributed by atoms with Gasteiger partial charge in [-0.05, 0) is 35.0 Å². The molecule has 0 aliphatic carbocycles. The number of benzene rings is 1. The van der Waals surface area contributed by atoms with Gasteiger partial charge in [-0.25, -0.2) is 4.98 Å². The summed E-state index contributed by atoms with van der Waals surface area (Å²) in [5, 5.41) is 15.0. The number of carbonyl (C=O) groups excluding carboxylic acids is 1. The van der Waals surface area contributed by atoms with Crippen LogP contribution in [0.2, 0.25) is 0 Å². The molecule has 0 unspecified atom stereocenters. The lowest BCUT2D eigenvalue weighted by molar-refractivity contribution is 0.105. The molecule has 4 aromatic rings. The molecule has 0 aliphatic rings. The fourth-order valence-corrected chi connectivity index (χ4v) is 4.71. The van der Waals surface area contributed by atoms with E-state index in [-0.39, 0.29) is 17.1 Å². The normalized spacial score (nSPS) is 12.3. The first-order valence-electron chi connectivity index (χ1n) is 7.15. The summed E-state index contributed by atoms with van der Waals surface area (Å²) in [4.78, 5) is 18.8. The average molecular weight is 369 g/mol. The molecule has 0 saturated carbocycles. The van der Waals surface area contributed by atoms with Crippen LogP contribution in [-0.4, -0.2) is 15.9 Å². The van der Waals surface area contributed by atoms with Gasteiger partial charge in [-0.1, -0.05) is 24.3 Å². The van der Waals surface area contributed by atoms with Gasteiger partial charge in [0.1, 0.15) is 16.3 Å². The van der Waals surface area contributed by atoms with Crippen molar-refractivity contribution in [2.75, 3.05) is 0 Å². The zero-order valence-electron chi connectivity index (χ0n) is 12.3. The third kappa shape index (κ3) is 2.69. The Morgan fingerprint density at radius 3 is 2.29 bits per heavy atom. The van der Waals surface area contributed by atoms with Gasteiger partial charge in [0, 0.05) is 0 Å². The van der Waals surface area contributed by atoms with E-state index in [0.717, 1.165) is 10.2 Å². The van der Waals surface area contributed by atoms with Crippen molar-refractivity contribution in [3.63, 3.8) is 0 Å². The minimum absolute atomic E-state index is 0.0116. The molecule has 0 aliphatic heterocycles. The molecule has 0 amide bonds. The number of ketones is 1. The molecule has 0 atom stereocenters. The summed E-state index contributed by atoms with van der Waals surface area (Å²) in [5.41, 5.74) is 1.09. The molecule has 1 N–H and O–H groups in total. The van der Waals surface area contributed by atoms with E-state index in [1.54, 1.807) is 12.1 Å². The Hall–Kier alpha value is -2.28. The molecule has 3 aromatic heterocycles. The molecule has 1 aromatic carbocycles. The van der Waals surface area contributed by atoms with E-state index in [4.69, 9.17) is 0 Å². The van der Waals surface area contributed by atoms with Gasteiger partial charge < -0.3 is 5.11 Å². The highest BCUT2D eigenvalue weighted by molar-refractivity contribution is 7.20. The minimum atomic E-state index is -0.199. The number of fused-ring (bicyclic) bond motifs is 1. The Balaban J connectivity index is 1.93. The number of para-hydroxylation sites is 1. The standard InChI is InChI=1S/C18H11NO2S3/c20-16(13-7-3-9-22-13)15(17(21)14-8-4-10-23-14)18-19-11-5-1-2-6-12(11)24-18/h1-10,20H. The number of rotatable bonds is 4. The predicted molar refractivity (Wildman–Crippen MR) is 102 cm³/mol. The minimum Gasteiger partial charge on any atom is -0.506 e. The van der Waals surface area contributed by atoms with E-state index in [1.807, 2.05) is 47.2 Å². The van der Waals surface area contributed by atoms with Crippen molar-refractivity contribution < 1.29 is 9.90 Å². The molecule has 0 fully saturated rings. The fourth-order valence-electron chi connectivity index (χ4n) is 2.35. The van der Waals surface area contributed by atoms with Crippen LogP contribution in [0, 0.1) is 0 Å². The Morgan fingerprint density at radius 1 is 0.917 bits per heavy atom. The van der Waals surface area contributed by atoms with Crippen LogP contribution in [0.1, 0.15) is 19.6 Å². The number of hydrogen-bond donors (Lipinski definition) is 1. The van der Waals surface area contributed by atoms with E-state index in [0.29, 0.717) is 14.8 Å². The summed E-state index contributed by atoms with van der Waals surface area (Å²) in [7, 11) is 0. The number of hydrogen-bond acceptors (Lipinski definition) is 6. The van der Waals surface area contributed by atoms with Crippen LogP contribution in [0.15, 0.2) is 59.3 Å². The van der Waals surface area contributed by atoms with Crippen LogP contribution in [0.4, 0.5) is 0 Å². The third-order valence-corrected chi connectivity index (χ3v) is 6.27. The molecule has 3 heterocycles. The number of aliphatic hydroxyl groups is 1. The first-order chi connectivity index (χ1) is 11.7. The van der Waals surface area contributed by atoms with Crippen molar-refractivity contribution in [2.24, 2.45) is 0 Å². The second kappa shape index (κ2) is 6.32. The van der Waals surface area contributed by atoms with Gasteiger partial charge in [-0.3, -0.25) is 4.79 Å². The van der Waals surface area contributed by atoms with Crippen LogP contribution >= 0.6 is 34.0 Å². The summed E-state index contributed by atoms with van der Waals surface area (Å²) in [6.07, 6.45) is 0. The molecule has 0 saturated heterocycles. The second-order valence-electron chi connectivity index (χ2n) is 4.99. The van der Waals surface area contributed by atoms with Crippen LogP contribution in [-0.2, 0) is 0 Å². The van der Waals surface area contributed by atoms with Gasteiger partial charge in [0.05, 0.1) is 20.0 Å². The average Bonchev–Trinajstić information content (AvgIpc) is 3.34. The highest BCUT2D eigenvalue weighted by atomic mass is 32.1. The van der Waals surface area contributed by atoms with E-state index in [2.05, 4.69) is 4.98 Å². The van der Waals surface area contributed by atoms with Gasteiger partial charge >= 0.3 is 0 Å². The van der Waals surface area contributed by atoms with Crippen molar-refractivity contribution in [1.82, 2.24) is 4.98 Å². The number of thiophene rings is 2. The number of carbonyl (C=O) groups is 1. The van der Waals surface area contributed by atoms with Gasteiger partial charge in [-0.15, -0.1) is 34.0 Å². The molecule has 6 heteroatoms. The van der Waals surface area contributed by atoms with Gasteiger partial charge in [0.25, 0.3) is 0 Å². The van der Waals surface area contributed by atoms with Crippen LogP contribution in [0.25, 0.3) is 21.5 Å². The number of Topliss-reactive ketones (excluding diaryl/α,β-unsaturated/α-hetero) is 1. The lowest BCUT2D eigenvalue weighted by Crippen LogP contribution is -2.03. The summed E-state index contributed by atoms with van der Waals surface area (Å²) in [6, 6.07) is 15.0. The van der Waals surface area contributed by atoms with Gasteiger partial charge in [-0.2, -0.15) is 0 Å². The quantitative estimate of drug-likeness (QED) is 0.284. The number of aromatic nitrogens is 1. The van der Waals surface area contributed by atoms with E-state index >= 15 is 0 Å². The molecular formula is C18H11NO2S3. The zero-order chi connectivity index (χ0) is 16.5. The largest absolute Gasteiger partial charge is 0.506 e. The van der Waals surface area contributed by atoms with Crippen molar-refractivity contribution in [3.8, 4) is 0 Å². The Labute approximate surface area is 150 Å². The maximum Gasteiger partial charge on any atom is 0.209 e. The third-order valence-electron chi connectivity index (χ3n) is 3.47. The molecule has 3 nitrogen and oxygen atoms in total.